The van der Waals surface area contributed by atoms with Crippen LogP contribution in [0.15, 0.2) is 85.1 Å². The highest BCUT2D eigenvalue weighted by Crippen LogP contribution is 2.15. The van der Waals surface area contributed by atoms with Gasteiger partial charge in [-0.15, -0.1) is 0 Å². The van der Waals surface area contributed by atoms with Gasteiger partial charge in [-0.3, -0.25) is 14.4 Å². The zero-order valence-corrected chi connectivity index (χ0v) is 37.0. The Morgan fingerprint density at radius 3 is 1.58 bits per heavy atom. The summed E-state index contributed by atoms with van der Waals surface area (Å²) in [6.07, 6.45) is 56.3. The molecule has 0 rings (SSSR count). The van der Waals surface area contributed by atoms with Gasteiger partial charge >= 0.3 is 11.9 Å². The van der Waals surface area contributed by atoms with Gasteiger partial charge in [-0.1, -0.05) is 157 Å². The molecule has 2 amide bonds. The number of nitrogens with one attached hydrogen (secondary N) is 2. The number of carboxylic acids is 1. The second kappa shape index (κ2) is 43.6. The molecule has 0 fully saturated rings. The Kier molecular flexibility index (Phi) is 40.7. The molecule has 0 radical (unpaired) electrons. The van der Waals surface area contributed by atoms with Gasteiger partial charge in [0.05, 0.1) is 13.2 Å². The molecule has 4 N–H and O–H groups in total. The number of aliphatic hydroxyl groups excluding tert-OH is 1. The average Bonchev–Trinajstić information content (AvgIpc) is 3.22. The third-order valence-corrected chi connectivity index (χ3v) is 9.61. The molecule has 0 saturated carbocycles. The van der Waals surface area contributed by atoms with Crippen LogP contribution in [0.4, 0.5) is 0 Å². The number of carbonyl (C=O) groups excluding carboxylic acids is 3. The van der Waals surface area contributed by atoms with E-state index < -0.39 is 24.5 Å². The Labute approximate surface area is 358 Å². The van der Waals surface area contributed by atoms with Crippen molar-refractivity contribution >= 4 is 23.8 Å². The Morgan fingerprint density at radius 2 is 1.02 bits per heavy atom. The molecule has 0 aliphatic carbocycles. The monoisotopic (exact) mass is 823 g/mol. The van der Waals surface area contributed by atoms with Gasteiger partial charge in [0, 0.05) is 12.8 Å². The molecule has 0 saturated heterocycles. The fourth-order valence-electron chi connectivity index (χ4n) is 6.10. The number of carboxylic acid groups (broad SMARTS) is 1. The molecule has 0 bridgehead atoms. The van der Waals surface area contributed by atoms with Crippen molar-refractivity contribution in [2.45, 2.75) is 193 Å². The van der Waals surface area contributed by atoms with Crippen LogP contribution in [0, 0.1) is 0 Å². The van der Waals surface area contributed by atoms with Gasteiger partial charge < -0.3 is 25.6 Å². The summed E-state index contributed by atoms with van der Waals surface area (Å²) in [6, 6.07) is -1.39. The van der Waals surface area contributed by atoms with Gasteiger partial charge in [-0.25, -0.2) is 4.79 Å². The van der Waals surface area contributed by atoms with Gasteiger partial charge in [-0.2, -0.15) is 0 Å². The lowest BCUT2D eigenvalue weighted by atomic mass is 10.0. The van der Waals surface area contributed by atoms with E-state index in [2.05, 4.69) is 110 Å². The molecular formula is C50H82N2O7. The second-order valence-corrected chi connectivity index (χ2v) is 15.1. The highest BCUT2D eigenvalue weighted by molar-refractivity contribution is 5.87. The largest absolute Gasteiger partial charge is 0.480 e. The lowest BCUT2D eigenvalue weighted by Gasteiger charge is -2.15. The van der Waals surface area contributed by atoms with Crippen LogP contribution in [0.3, 0.4) is 0 Å². The minimum atomic E-state index is -1.39. The van der Waals surface area contributed by atoms with Gasteiger partial charge in [0.2, 0.25) is 11.8 Å². The summed E-state index contributed by atoms with van der Waals surface area (Å²) in [6.45, 7) is 3.35. The van der Waals surface area contributed by atoms with E-state index in [-0.39, 0.29) is 24.5 Å². The van der Waals surface area contributed by atoms with E-state index in [1.165, 1.54) is 38.5 Å². The second-order valence-electron chi connectivity index (χ2n) is 15.1. The minimum absolute atomic E-state index is 0.121. The Morgan fingerprint density at radius 1 is 0.542 bits per heavy atom. The molecule has 0 heterocycles. The number of hydrogen-bond acceptors (Lipinski definition) is 6. The molecule has 0 aliphatic heterocycles. The molecule has 9 heteroatoms. The van der Waals surface area contributed by atoms with E-state index in [4.69, 9.17) is 14.9 Å². The first kappa shape index (κ1) is 55.0. The van der Waals surface area contributed by atoms with E-state index >= 15 is 0 Å². The Bertz CT molecular complexity index is 1260. The van der Waals surface area contributed by atoms with E-state index in [0.29, 0.717) is 19.3 Å². The van der Waals surface area contributed by atoms with E-state index in [1.54, 1.807) is 0 Å². The summed E-state index contributed by atoms with van der Waals surface area (Å²) in [5, 5.41) is 22.5. The van der Waals surface area contributed by atoms with Crippen molar-refractivity contribution in [3.05, 3.63) is 85.1 Å². The Hall–Kier alpha value is -3.98. The SMILES string of the molecule is CC/C=C\C/C=C\C/C=C\C/C=C\C/C=C\C/C=C\CCCCC(=O)OC(/C=C\CCCCCCCCC)CCCCCCCCC(=O)NCC(=O)NC(CO)C(=O)O. The summed E-state index contributed by atoms with van der Waals surface area (Å²) in [7, 11) is 0. The van der Waals surface area contributed by atoms with E-state index in [1.807, 2.05) is 0 Å². The van der Waals surface area contributed by atoms with Crippen molar-refractivity contribution in [1.29, 1.82) is 0 Å². The van der Waals surface area contributed by atoms with Crippen LogP contribution >= 0.6 is 0 Å². The van der Waals surface area contributed by atoms with Crippen LogP contribution in [0.2, 0.25) is 0 Å². The maximum Gasteiger partial charge on any atom is 0.328 e. The topological polar surface area (TPSA) is 142 Å². The van der Waals surface area contributed by atoms with Crippen LogP contribution in [0.25, 0.3) is 0 Å². The number of aliphatic carboxylic acids is 1. The summed E-state index contributed by atoms with van der Waals surface area (Å²) < 4.78 is 5.94. The van der Waals surface area contributed by atoms with Gasteiger partial charge in [0.25, 0.3) is 0 Å². The number of unbranched alkanes of at least 4 members (excludes halogenated alkanes) is 14. The Balaban J connectivity index is 4.34. The van der Waals surface area contributed by atoms with E-state index in [0.717, 1.165) is 109 Å². The van der Waals surface area contributed by atoms with Crippen molar-refractivity contribution in [2.75, 3.05) is 13.2 Å². The standard InChI is InChI=1S/C50H82N2O7/c1-3-5-7-9-11-13-14-15-16-17-18-19-20-21-22-23-24-26-28-34-38-42-49(56)59-45(39-35-31-27-25-12-10-8-6-4-2)40-36-32-29-30-33-37-41-47(54)51-43-48(55)52-46(44-53)50(57)58/h5,7,11,13,15-16,18-19,21-22,24,26,35,39,45-46,53H,3-4,6,8-10,12,14,17,20,23,25,27-34,36-38,40-44H2,1-2H3,(H,51,54)(H,52,55)(H,57,58)/b7-5-,13-11-,16-15-,19-18-,22-21-,26-24-,39-35-. The van der Waals surface area contributed by atoms with Crippen LogP contribution < -0.4 is 10.6 Å². The molecule has 0 aromatic carbocycles. The van der Waals surface area contributed by atoms with Crippen LogP contribution in [-0.4, -0.2) is 59.3 Å². The molecule has 0 spiro atoms. The highest BCUT2D eigenvalue weighted by Gasteiger charge is 2.18. The number of esters is 1. The molecule has 0 aromatic heterocycles. The summed E-state index contributed by atoms with van der Waals surface area (Å²) in [4.78, 5) is 47.5. The van der Waals surface area contributed by atoms with Crippen molar-refractivity contribution in [3.63, 3.8) is 0 Å². The third kappa shape index (κ3) is 40.6. The molecule has 2 atom stereocenters. The molecule has 9 nitrogen and oxygen atoms in total. The van der Waals surface area contributed by atoms with Crippen molar-refractivity contribution < 1.29 is 34.1 Å². The number of carbonyl (C=O) groups is 4. The zero-order valence-electron chi connectivity index (χ0n) is 37.0. The van der Waals surface area contributed by atoms with Crippen molar-refractivity contribution in [3.8, 4) is 0 Å². The smallest absolute Gasteiger partial charge is 0.328 e. The normalized spacial score (nSPS) is 13.3. The summed E-state index contributed by atoms with van der Waals surface area (Å²) >= 11 is 0. The predicted octanol–water partition coefficient (Wildman–Crippen LogP) is 11.7. The van der Waals surface area contributed by atoms with Gasteiger partial charge in [-0.05, 0) is 96.0 Å². The lowest BCUT2D eigenvalue weighted by molar-refractivity contribution is -0.147. The van der Waals surface area contributed by atoms with Crippen molar-refractivity contribution in [1.82, 2.24) is 10.6 Å². The molecule has 2 unspecified atom stereocenters. The first-order valence-corrected chi connectivity index (χ1v) is 23.0. The molecule has 0 aromatic rings. The molecule has 59 heavy (non-hydrogen) atoms. The maximum absolute atomic E-state index is 12.8. The summed E-state index contributed by atoms with van der Waals surface area (Å²) in [5.74, 6) is -2.38. The van der Waals surface area contributed by atoms with E-state index in [9.17, 15) is 19.2 Å². The van der Waals surface area contributed by atoms with Crippen LogP contribution in [-0.2, 0) is 23.9 Å². The number of ether oxygens (including phenoxy) is 1. The number of allylic oxidation sites excluding steroid dienone is 13. The number of amides is 2. The first-order chi connectivity index (χ1) is 28.8. The number of rotatable bonds is 40. The number of aliphatic hydroxyl groups is 1. The fraction of sp³-hybridized carbons (Fsp3) is 0.640. The molecule has 334 valence electrons. The minimum Gasteiger partial charge on any atom is -0.480 e. The third-order valence-electron chi connectivity index (χ3n) is 9.61. The lowest BCUT2D eigenvalue weighted by Crippen LogP contribution is -2.47. The quantitative estimate of drug-likeness (QED) is 0.0274. The maximum atomic E-state index is 12.8. The number of hydrogen-bond donors (Lipinski definition) is 4. The first-order valence-electron chi connectivity index (χ1n) is 23.0. The molecule has 0 aliphatic rings. The van der Waals surface area contributed by atoms with Gasteiger partial charge in [0.1, 0.15) is 12.1 Å². The predicted molar refractivity (Wildman–Crippen MR) is 245 cm³/mol. The van der Waals surface area contributed by atoms with Crippen LogP contribution in [0.5, 0.6) is 0 Å². The highest BCUT2D eigenvalue weighted by atomic mass is 16.5. The fourth-order valence-corrected chi connectivity index (χ4v) is 6.10. The van der Waals surface area contributed by atoms with Gasteiger partial charge in [0.15, 0.2) is 0 Å². The summed E-state index contributed by atoms with van der Waals surface area (Å²) in [5.41, 5.74) is 0. The zero-order chi connectivity index (χ0) is 43.3. The average molecular weight is 823 g/mol. The van der Waals surface area contributed by atoms with Crippen molar-refractivity contribution in [2.24, 2.45) is 0 Å². The molecular weight excluding hydrogens is 741 g/mol. The van der Waals surface area contributed by atoms with Crippen LogP contribution in [0.1, 0.15) is 181 Å².